The molecule has 5 nitrogen and oxygen atoms in total. The molecule has 29 heavy (non-hydrogen) atoms. The van der Waals surface area contributed by atoms with Gasteiger partial charge in [0.25, 0.3) is 0 Å². The van der Waals surface area contributed by atoms with Gasteiger partial charge in [-0.2, -0.15) is 0 Å². The standard InChI is InChI=1S/C24H28O5/c1-14(2)11-19(26)12-15(3)7-6-8-16(4)17(5)22-23(27)20-10-9-18(25)13-21(20)29-24(22)28/h7-11,13,17,22,25H,6,12H2,1-5H3/b15-7+,16-8+. The lowest BCUT2D eigenvalue weighted by Gasteiger charge is -2.27. The smallest absolute Gasteiger partial charge is 0.322 e. The fraction of sp³-hybridized carbons (Fsp3) is 0.375. The van der Waals surface area contributed by atoms with Crippen molar-refractivity contribution >= 4 is 17.5 Å². The number of hydrogen-bond donors (Lipinski definition) is 1. The van der Waals surface area contributed by atoms with Crippen LogP contribution in [0.2, 0.25) is 0 Å². The van der Waals surface area contributed by atoms with Crippen LogP contribution >= 0.6 is 0 Å². The Hall–Kier alpha value is -2.95. The molecule has 0 fully saturated rings. The number of carbonyl (C=O) groups is 3. The summed E-state index contributed by atoms with van der Waals surface area (Å²) in [5.41, 5.74) is 3.17. The third kappa shape index (κ3) is 5.76. The summed E-state index contributed by atoms with van der Waals surface area (Å²) in [5, 5.41) is 9.52. The Kier molecular flexibility index (Phi) is 7.32. The van der Waals surface area contributed by atoms with Crippen molar-refractivity contribution in [1.29, 1.82) is 0 Å². The zero-order chi connectivity index (χ0) is 21.7. The van der Waals surface area contributed by atoms with E-state index in [-0.39, 0.29) is 29.0 Å². The third-order valence-corrected chi connectivity index (χ3v) is 5.00. The highest BCUT2D eigenvalue weighted by Gasteiger charge is 2.40. The highest BCUT2D eigenvalue weighted by Crippen LogP contribution is 2.35. The molecule has 0 aliphatic carbocycles. The van der Waals surface area contributed by atoms with Gasteiger partial charge in [-0.15, -0.1) is 0 Å². The van der Waals surface area contributed by atoms with Crippen molar-refractivity contribution in [2.75, 3.05) is 0 Å². The molecule has 5 heteroatoms. The van der Waals surface area contributed by atoms with Gasteiger partial charge in [-0.3, -0.25) is 14.4 Å². The molecule has 0 aromatic heterocycles. The quantitative estimate of drug-likeness (QED) is 0.232. The second kappa shape index (κ2) is 9.50. The van der Waals surface area contributed by atoms with Gasteiger partial charge in [-0.1, -0.05) is 35.8 Å². The van der Waals surface area contributed by atoms with E-state index in [4.69, 9.17) is 4.74 Å². The molecule has 2 unspecified atom stereocenters. The SMILES string of the molecule is CC(C)=CC(=O)C/C(C)=C/C/C=C(\C)C(C)C1C(=O)Oc2cc(O)ccc2C1=O. The van der Waals surface area contributed by atoms with E-state index < -0.39 is 11.9 Å². The van der Waals surface area contributed by atoms with Crippen LogP contribution in [0.15, 0.2) is 53.1 Å². The number of hydrogen-bond acceptors (Lipinski definition) is 5. The summed E-state index contributed by atoms with van der Waals surface area (Å²) in [6.07, 6.45) is 6.58. The number of ketones is 2. The normalized spacial score (nSPS) is 18.0. The zero-order valence-electron chi connectivity index (χ0n) is 17.6. The second-order valence-electron chi connectivity index (χ2n) is 7.83. The number of ether oxygens (including phenoxy) is 1. The number of esters is 1. The largest absolute Gasteiger partial charge is 0.508 e. The van der Waals surface area contributed by atoms with Crippen LogP contribution in [0, 0.1) is 11.8 Å². The molecule has 0 saturated heterocycles. The molecular formula is C24H28O5. The van der Waals surface area contributed by atoms with Gasteiger partial charge in [0.2, 0.25) is 0 Å². The van der Waals surface area contributed by atoms with E-state index in [0.717, 1.165) is 16.7 Å². The summed E-state index contributed by atoms with van der Waals surface area (Å²) >= 11 is 0. The molecule has 1 aliphatic rings. The summed E-state index contributed by atoms with van der Waals surface area (Å²) in [7, 11) is 0. The number of phenols is 1. The van der Waals surface area contributed by atoms with Gasteiger partial charge in [-0.05, 0) is 58.2 Å². The molecule has 1 aliphatic heterocycles. The summed E-state index contributed by atoms with van der Waals surface area (Å²) < 4.78 is 5.28. The molecule has 1 heterocycles. The van der Waals surface area contributed by atoms with Crippen molar-refractivity contribution in [3.63, 3.8) is 0 Å². The highest BCUT2D eigenvalue weighted by atomic mass is 16.5. The first-order chi connectivity index (χ1) is 13.6. The fourth-order valence-corrected chi connectivity index (χ4v) is 3.29. The zero-order valence-corrected chi connectivity index (χ0v) is 17.6. The first-order valence-corrected chi connectivity index (χ1v) is 9.69. The van der Waals surface area contributed by atoms with Crippen LogP contribution in [0.5, 0.6) is 11.5 Å². The molecule has 0 amide bonds. The van der Waals surface area contributed by atoms with Gasteiger partial charge < -0.3 is 9.84 Å². The van der Waals surface area contributed by atoms with Gasteiger partial charge in [-0.25, -0.2) is 0 Å². The highest BCUT2D eigenvalue weighted by molar-refractivity contribution is 6.13. The van der Waals surface area contributed by atoms with Crippen molar-refractivity contribution in [3.05, 3.63) is 58.7 Å². The minimum absolute atomic E-state index is 0.0582. The van der Waals surface area contributed by atoms with Crippen molar-refractivity contribution in [2.45, 2.75) is 47.5 Å². The number of phenolic OH excluding ortho intramolecular Hbond substituents is 1. The van der Waals surface area contributed by atoms with E-state index in [1.165, 1.54) is 18.2 Å². The number of Topliss-reactive ketones (excluding diaryl/α,β-unsaturated/α-hetero) is 1. The third-order valence-electron chi connectivity index (χ3n) is 5.00. The minimum Gasteiger partial charge on any atom is -0.508 e. The van der Waals surface area contributed by atoms with Crippen LogP contribution in [0.3, 0.4) is 0 Å². The second-order valence-corrected chi connectivity index (χ2v) is 7.83. The maximum absolute atomic E-state index is 12.8. The van der Waals surface area contributed by atoms with Crippen molar-refractivity contribution in [1.82, 2.24) is 0 Å². The summed E-state index contributed by atoms with van der Waals surface area (Å²) in [6, 6.07) is 4.16. The maximum Gasteiger partial charge on any atom is 0.322 e. The average molecular weight is 396 g/mol. The van der Waals surface area contributed by atoms with Crippen LogP contribution in [0.1, 0.15) is 57.8 Å². The van der Waals surface area contributed by atoms with Gasteiger partial charge in [0, 0.05) is 12.5 Å². The number of rotatable bonds is 7. The molecule has 0 spiro atoms. The number of fused-ring (bicyclic) bond motifs is 1. The lowest BCUT2D eigenvalue weighted by molar-refractivity contribution is -0.139. The molecule has 1 aromatic rings. The summed E-state index contributed by atoms with van der Waals surface area (Å²) in [6.45, 7) is 9.41. The van der Waals surface area contributed by atoms with E-state index in [2.05, 4.69) is 0 Å². The Labute approximate surface area is 171 Å². The summed E-state index contributed by atoms with van der Waals surface area (Å²) in [4.78, 5) is 37.1. The van der Waals surface area contributed by atoms with Gasteiger partial charge >= 0.3 is 5.97 Å². The van der Waals surface area contributed by atoms with Crippen LogP contribution < -0.4 is 4.74 Å². The van der Waals surface area contributed by atoms with E-state index in [1.807, 2.05) is 46.8 Å². The lowest BCUT2D eigenvalue weighted by Crippen LogP contribution is -2.38. The molecule has 0 radical (unpaired) electrons. The number of allylic oxidation sites excluding steroid dienone is 6. The molecule has 154 valence electrons. The predicted octanol–water partition coefficient (Wildman–Crippen LogP) is 4.95. The number of carbonyl (C=O) groups excluding carboxylic acids is 3. The molecule has 0 bridgehead atoms. The van der Waals surface area contributed by atoms with Crippen molar-refractivity contribution in [2.24, 2.45) is 11.8 Å². The van der Waals surface area contributed by atoms with Gasteiger partial charge in [0.1, 0.15) is 17.4 Å². The van der Waals surface area contributed by atoms with Crippen LogP contribution in [0.4, 0.5) is 0 Å². The Morgan fingerprint density at radius 1 is 1.17 bits per heavy atom. The molecule has 1 N–H and O–H groups in total. The van der Waals surface area contributed by atoms with Gasteiger partial charge in [0.05, 0.1) is 5.56 Å². The van der Waals surface area contributed by atoms with E-state index in [1.54, 1.807) is 6.08 Å². The van der Waals surface area contributed by atoms with Crippen LogP contribution in [-0.4, -0.2) is 22.6 Å². The fourth-order valence-electron chi connectivity index (χ4n) is 3.29. The van der Waals surface area contributed by atoms with E-state index in [0.29, 0.717) is 18.4 Å². The van der Waals surface area contributed by atoms with Gasteiger partial charge in [0.15, 0.2) is 11.6 Å². The molecular weight excluding hydrogens is 368 g/mol. The van der Waals surface area contributed by atoms with Crippen molar-refractivity contribution < 1.29 is 24.2 Å². The first-order valence-electron chi connectivity index (χ1n) is 9.69. The maximum atomic E-state index is 12.8. The Balaban J connectivity index is 2.08. The molecule has 0 saturated carbocycles. The monoisotopic (exact) mass is 396 g/mol. The minimum atomic E-state index is -0.910. The molecule has 2 rings (SSSR count). The van der Waals surface area contributed by atoms with Crippen LogP contribution in [-0.2, 0) is 9.59 Å². The first kappa shape index (κ1) is 22.3. The topological polar surface area (TPSA) is 80.7 Å². The Morgan fingerprint density at radius 3 is 2.52 bits per heavy atom. The van der Waals surface area contributed by atoms with E-state index in [9.17, 15) is 19.5 Å². The molecule has 2 atom stereocenters. The molecule has 1 aromatic carbocycles. The summed E-state index contributed by atoms with van der Waals surface area (Å²) in [5.74, 6) is -2.01. The Bertz CT molecular complexity index is 913. The number of benzene rings is 1. The van der Waals surface area contributed by atoms with Crippen LogP contribution in [0.25, 0.3) is 0 Å². The van der Waals surface area contributed by atoms with Crippen molar-refractivity contribution in [3.8, 4) is 11.5 Å². The average Bonchev–Trinajstić information content (AvgIpc) is 2.60. The lowest BCUT2D eigenvalue weighted by atomic mass is 9.81. The number of aromatic hydroxyl groups is 1. The Morgan fingerprint density at radius 2 is 1.86 bits per heavy atom. The van der Waals surface area contributed by atoms with E-state index >= 15 is 0 Å². The predicted molar refractivity (Wildman–Crippen MR) is 112 cm³/mol.